The summed E-state index contributed by atoms with van der Waals surface area (Å²) < 4.78 is 0. The molecular formula is C48H43N. The van der Waals surface area contributed by atoms with Crippen LogP contribution in [0, 0.1) is 0 Å². The first-order valence-electron chi connectivity index (χ1n) is 17.1. The van der Waals surface area contributed by atoms with Gasteiger partial charge in [0.05, 0.1) is 5.41 Å². The van der Waals surface area contributed by atoms with Crippen molar-refractivity contribution in [1.82, 2.24) is 0 Å². The van der Waals surface area contributed by atoms with Gasteiger partial charge in [0.25, 0.3) is 0 Å². The molecule has 0 bridgehead atoms. The fourth-order valence-corrected chi connectivity index (χ4v) is 7.23. The number of fused-ring (bicyclic) bond motifs is 3. The Morgan fingerprint density at radius 2 is 1.14 bits per heavy atom. The maximum atomic E-state index is 4.43. The van der Waals surface area contributed by atoms with Gasteiger partial charge in [0, 0.05) is 17.1 Å². The number of benzene rings is 6. The maximum absolute atomic E-state index is 4.43. The van der Waals surface area contributed by atoms with Gasteiger partial charge in [-0.2, -0.15) is 0 Å². The van der Waals surface area contributed by atoms with Crippen LogP contribution < -0.4 is 4.90 Å². The average molecular weight is 634 g/mol. The van der Waals surface area contributed by atoms with Crippen LogP contribution in [0.5, 0.6) is 0 Å². The predicted molar refractivity (Wildman–Crippen MR) is 212 cm³/mol. The van der Waals surface area contributed by atoms with Crippen molar-refractivity contribution >= 4 is 16.9 Å². The minimum atomic E-state index is -0.474. The van der Waals surface area contributed by atoms with Gasteiger partial charge in [-0.15, -0.1) is 0 Å². The van der Waals surface area contributed by atoms with E-state index in [1.807, 2.05) is 32.9 Å². The zero-order chi connectivity index (χ0) is 34.4. The van der Waals surface area contributed by atoms with Crippen LogP contribution in [0.4, 0.5) is 11.4 Å². The molecule has 1 nitrogen and oxygen atoms in total. The third kappa shape index (κ3) is 5.79. The van der Waals surface area contributed by atoms with E-state index >= 15 is 0 Å². The molecule has 0 amide bonds. The number of allylic oxidation sites excluding steroid dienone is 4. The van der Waals surface area contributed by atoms with Crippen molar-refractivity contribution in [3.05, 3.63) is 223 Å². The molecule has 49 heavy (non-hydrogen) atoms. The molecule has 6 aromatic rings. The van der Waals surface area contributed by atoms with E-state index in [0.717, 1.165) is 39.3 Å². The Bertz CT molecular complexity index is 2090. The Hall–Kier alpha value is -5.92. The summed E-state index contributed by atoms with van der Waals surface area (Å²) in [5, 5.41) is 0. The highest BCUT2D eigenvalue weighted by Crippen LogP contribution is 2.57. The Morgan fingerprint density at radius 1 is 0.551 bits per heavy atom. The number of hydrogen-bond donors (Lipinski definition) is 0. The van der Waals surface area contributed by atoms with Crippen LogP contribution in [0.1, 0.15) is 48.6 Å². The molecule has 0 saturated heterocycles. The molecule has 1 aliphatic carbocycles. The van der Waals surface area contributed by atoms with Crippen LogP contribution in [0.3, 0.4) is 0 Å². The molecule has 0 atom stereocenters. The van der Waals surface area contributed by atoms with E-state index in [1.165, 1.54) is 33.4 Å². The van der Waals surface area contributed by atoms with Crippen LogP contribution in [0.25, 0.3) is 27.8 Å². The van der Waals surface area contributed by atoms with Crippen LogP contribution >= 0.6 is 0 Å². The predicted octanol–water partition coefficient (Wildman–Crippen LogP) is 13.2. The zero-order valence-electron chi connectivity index (χ0n) is 28.7. The average Bonchev–Trinajstić information content (AvgIpc) is 3.48. The first kappa shape index (κ1) is 33.0. The molecule has 1 aliphatic rings. The van der Waals surface area contributed by atoms with Gasteiger partial charge in [-0.3, -0.25) is 0 Å². The second kappa shape index (κ2) is 14.5. The van der Waals surface area contributed by atoms with Crippen molar-refractivity contribution in [3.8, 4) is 22.3 Å². The van der Waals surface area contributed by atoms with Gasteiger partial charge in [-0.05, 0) is 99.0 Å². The molecule has 0 heterocycles. The lowest BCUT2D eigenvalue weighted by Crippen LogP contribution is -2.28. The molecule has 7 rings (SSSR count). The Morgan fingerprint density at radius 3 is 1.76 bits per heavy atom. The Labute approximate surface area is 292 Å². The van der Waals surface area contributed by atoms with Crippen molar-refractivity contribution < 1.29 is 0 Å². The highest BCUT2D eigenvalue weighted by Gasteiger charge is 2.46. The van der Waals surface area contributed by atoms with Crippen molar-refractivity contribution in [2.75, 3.05) is 4.90 Å². The molecule has 0 fully saturated rings. The van der Waals surface area contributed by atoms with E-state index in [-0.39, 0.29) is 0 Å². The molecule has 0 spiro atoms. The van der Waals surface area contributed by atoms with E-state index in [9.17, 15) is 0 Å². The van der Waals surface area contributed by atoms with Gasteiger partial charge in [0.15, 0.2) is 0 Å². The standard InChI is InChI=1S/C46H37N.C2H6/c1-5-33(4)47(40-27-25-35(26-28-40)37-18-16-17-36(31-37)34(6-2)7-3)41-29-30-43-42-23-14-15-24-44(42)46(45(43)32-41,38-19-10-8-11-20-38)39-21-12-9-13-22-39;1-2/h5-32H,1-2,4H2,3H3;1-2H3/b34-7+;. The van der Waals surface area contributed by atoms with Crippen molar-refractivity contribution in [2.45, 2.75) is 26.2 Å². The molecule has 1 heteroatoms. The minimum absolute atomic E-state index is 0.474. The molecule has 0 N–H and O–H groups in total. The van der Waals surface area contributed by atoms with Gasteiger partial charge < -0.3 is 4.90 Å². The smallest absolute Gasteiger partial charge is 0.0714 e. The summed E-state index contributed by atoms with van der Waals surface area (Å²) in [5.74, 6) is 0. The van der Waals surface area contributed by atoms with Crippen LogP contribution in [-0.4, -0.2) is 0 Å². The van der Waals surface area contributed by atoms with Gasteiger partial charge in [0.1, 0.15) is 0 Å². The third-order valence-electron chi connectivity index (χ3n) is 9.41. The molecule has 240 valence electrons. The SMILES string of the molecule is C=CC(=C)N(c1ccc(-c2cccc(/C(C=C)=C/C)c2)cc1)c1ccc2c(c1)C(c1ccccc1)(c1ccccc1)c1ccccc1-2.CC. The topological polar surface area (TPSA) is 3.24 Å². The van der Waals surface area contributed by atoms with Gasteiger partial charge in [-0.1, -0.05) is 167 Å². The monoisotopic (exact) mass is 633 g/mol. The number of hydrogen-bond acceptors (Lipinski definition) is 1. The fraction of sp³-hybridized carbons (Fsp3) is 0.0833. The van der Waals surface area contributed by atoms with Gasteiger partial charge in [-0.25, -0.2) is 0 Å². The Balaban J connectivity index is 0.00000205. The zero-order valence-corrected chi connectivity index (χ0v) is 28.7. The van der Waals surface area contributed by atoms with E-state index in [4.69, 9.17) is 0 Å². The second-order valence-electron chi connectivity index (χ2n) is 11.9. The van der Waals surface area contributed by atoms with E-state index in [0.29, 0.717) is 0 Å². The normalized spacial score (nSPS) is 12.5. The highest BCUT2D eigenvalue weighted by atomic mass is 15.1. The summed E-state index contributed by atoms with van der Waals surface area (Å²) in [6.45, 7) is 18.6. The molecule has 0 aromatic heterocycles. The summed E-state index contributed by atoms with van der Waals surface area (Å²) in [6, 6.07) is 54.8. The van der Waals surface area contributed by atoms with E-state index < -0.39 is 5.41 Å². The summed E-state index contributed by atoms with van der Waals surface area (Å²) in [7, 11) is 0. The molecule has 0 saturated carbocycles. The quantitative estimate of drug-likeness (QED) is 0.143. The van der Waals surface area contributed by atoms with E-state index in [1.54, 1.807) is 0 Å². The van der Waals surface area contributed by atoms with Crippen molar-refractivity contribution in [2.24, 2.45) is 0 Å². The Kier molecular flexibility index (Phi) is 9.74. The molecule has 0 aliphatic heterocycles. The van der Waals surface area contributed by atoms with Crippen LogP contribution in [0.2, 0.25) is 0 Å². The third-order valence-corrected chi connectivity index (χ3v) is 9.41. The number of anilines is 2. The van der Waals surface area contributed by atoms with Crippen LogP contribution in [-0.2, 0) is 5.41 Å². The molecular weight excluding hydrogens is 591 g/mol. The van der Waals surface area contributed by atoms with Crippen molar-refractivity contribution in [1.29, 1.82) is 0 Å². The highest BCUT2D eigenvalue weighted by molar-refractivity contribution is 5.89. The first-order valence-corrected chi connectivity index (χ1v) is 17.1. The lowest BCUT2D eigenvalue weighted by Gasteiger charge is -2.35. The summed E-state index contributed by atoms with van der Waals surface area (Å²) in [4.78, 5) is 2.20. The van der Waals surface area contributed by atoms with E-state index in [2.05, 4.69) is 182 Å². The van der Waals surface area contributed by atoms with Gasteiger partial charge >= 0.3 is 0 Å². The molecule has 0 radical (unpaired) electrons. The lowest BCUT2D eigenvalue weighted by atomic mass is 9.67. The first-order chi connectivity index (χ1) is 24.1. The number of rotatable bonds is 9. The lowest BCUT2D eigenvalue weighted by molar-refractivity contribution is 0.768. The minimum Gasteiger partial charge on any atom is -0.311 e. The largest absolute Gasteiger partial charge is 0.311 e. The summed E-state index contributed by atoms with van der Waals surface area (Å²) in [6.07, 6.45) is 5.82. The molecule has 6 aromatic carbocycles. The van der Waals surface area contributed by atoms with Crippen LogP contribution in [0.15, 0.2) is 195 Å². The fourth-order valence-electron chi connectivity index (χ4n) is 7.23. The number of nitrogens with zero attached hydrogens (tertiary/aromatic N) is 1. The van der Waals surface area contributed by atoms with Crippen molar-refractivity contribution in [3.63, 3.8) is 0 Å². The van der Waals surface area contributed by atoms with Gasteiger partial charge in [0.2, 0.25) is 0 Å². The molecule has 0 unspecified atom stereocenters. The summed E-state index contributed by atoms with van der Waals surface area (Å²) in [5.41, 5.74) is 14.5. The summed E-state index contributed by atoms with van der Waals surface area (Å²) >= 11 is 0. The second-order valence-corrected chi connectivity index (χ2v) is 11.9. The maximum Gasteiger partial charge on any atom is 0.0714 e.